The summed E-state index contributed by atoms with van der Waals surface area (Å²) < 4.78 is 24.7. The van der Waals surface area contributed by atoms with Crippen LogP contribution in [-0.4, -0.2) is 4.98 Å². The Kier molecular flexibility index (Phi) is 3.81. The number of halogens is 3. The fourth-order valence-electron chi connectivity index (χ4n) is 1.18. The molecule has 0 aromatic carbocycles. The first-order valence-corrected chi connectivity index (χ1v) is 4.62. The predicted molar refractivity (Wildman–Crippen MR) is 52.5 cm³/mol. The van der Waals surface area contributed by atoms with Crippen LogP contribution in [0.2, 0.25) is 0 Å². The van der Waals surface area contributed by atoms with E-state index >= 15 is 0 Å². The van der Waals surface area contributed by atoms with Gasteiger partial charge >= 0.3 is 0 Å². The summed E-state index contributed by atoms with van der Waals surface area (Å²) in [5.74, 6) is 0.0207. The second-order valence-corrected chi connectivity index (χ2v) is 3.11. The SMILES string of the molecule is N#CCc1cc(C(F)F)nc(N)c1CCl. The highest BCUT2D eigenvalue weighted by Crippen LogP contribution is 2.24. The summed E-state index contributed by atoms with van der Waals surface area (Å²) >= 11 is 5.59. The van der Waals surface area contributed by atoms with Crippen LogP contribution < -0.4 is 5.73 Å². The van der Waals surface area contributed by atoms with Crippen molar-refractivity contribution in [3.8, 4) is 6.07 Å². The molecule has 0 saturated heterocycles. The summed E-state index contributed by atoms with van der Waals surface area (Å²) in [6, 6.07) is 3.03. The van der Waals surface area contributed by atoms with Crippen LogP contribution in [0.15, 0.2) is 6.07 Å². The number of nitrogen functional groups attached to an aromatic ring is 1. The molecule has 15 heavy (non-hydrogen) atoms. The number of nitrogens with zero attached hydrogens (tertiary/aromatic N) is 2. The third kappa shape index (κ3) is 2.54. The number of rotatable bonds is 3. The maximum atomic E-state index is 12.4. The fourth-order valence-corrected chi connectivity index (χ4v) is 1.49. The summed E-state index contributed by atoms with van der Waals surface area (Å²) in [6.07, 6.45) is -2.71. The minimum absolute atomic E-state index is 0.00546. The van der Waals surface area contributed by atoms with Crippen molar-refractivity contribution in [2.45, 2.75) is 18.7 Å². The average Bonchev–Trinajstić information content (AvgIpc) is 2.17. The molecule has 0 bridgehead atoms. The number of pyridine rings is 1. The van der Waals surface area contributed by atoms with Gasteiger partial charge in [-0.25, -0.2) is 13.8 Å². The number of hydrogen-bond acceptors (Lipinski definition) is 3. The molecule has 1 rings (SSSR count). The molecule has 3 nitrogen and oxygen atoms in total. The van der Waals surface area contributed by atoms with Gasteiger partial charge in [-0.2, -0.15) is 5.26 Å². The lowest BCUT2D eigenvalue weighted by molar-refractivity contribution is 0.146. The standard InChI is InChI=1S/C9H8ClF2N3/c10-4-6-5(1-2-13)3-7(8(11)12)15-9(6)14/h3,8H,1,4H2,(H2,14,15). The molecule has 80 valence electrons. The Morgan fingerprint density at radius 2 is 2.27 bits per heavy atom. The molecule has 0 spiro atoms. The molecule has 0 atom stereocenters. The monoisotopic (exact) mass is 231 g/mol. The molecule has 0 saturated carbocycles. The number of nitriles is 1. The second kappa shape index (κ2) is 4.89. The smallest absolute Gasteiger partial charge is 0.280 e. The average molecular weight is 232 g/mol. The van der Waals surface area contributed by atoms with E-state index in [1.807, 2.05) is 6.07 Å². The van der Waals surface area contributed by atoms with E-state index in [9.17, 15) is 8.78 Å². The largest absolute Gasteiger partial charge is 0.383 e. The second-order valence-electron chi connectivity index (χ2n) is 2.84. The van der Waals surface area contributed by atoms with Crippen molar-refractivity contribution in [3.63, 3.8) is 0 Å². The highest BCUT2D eigenvalue weighted by atomic mass is 35.5. The van der Waals surface area contributed by atoms with Gasteiger partial charge in [-0.05, 0) is 11.6 Å². The number of nitrogens with two attached hydrogens (primary N) is 1. The molecule has 0 radical (unpaired) electrons. The van der Waals surface area contributed by atoms with Crippen LogP contribution in [0.4, 0.5) is 14.6 Å². The zero-order valence-corrected chi connectivity index (χ0v) is 8.43. The van der Waals surface area contributed by atoms with E-state index in [4.69, 9.17) is 22.6 Å². The van der Waals surface area contributed by atoms with Gasteiger partial charge in [0, 0.05) is 5.56 Å². The maximum absolute atomic E-state index is 12.4. The van der Waals surface area contributed by atoms with Gasteiger partial charge in [0.1, 0.15) is 11.5 Å². The minimum Gasteiger partial charge on any atom is -0.383 e. The van der Waals surface area contributed by atoms with Crippen LogP contribution in [0.1, 0.15) is 23.2 Å². The first-order valence-electron chi connectivity index (χ1n) is 4.09. The van der Waals surface area contributed by atoms with E-state index in [1.165, 1.54) is 6.07 Å². The van der Waals surface area contributed by atoms with E-state index in [2.05, 4.69) is 4.98 Å². The highest BCUT2D eigenvalue weighted by molar-refractivity contribution is 6.17. The van der Waals surface area contributed by atoms with Gasteiger partial charge in [0.15, 0.2) is 0 Å². The summed E-state index contributed by atoms with van der Waals surface area (Å²) in [4.78, 5) is 3.52. The Balaban J connectivity index is 3.26. The van der Waals surface area contributed by atoms with Gasteiger partial charge in [0.25, 0.3) is 6.43 Å². The van der Waals surface area contributed by atoms with Crippen molar-refractivity contribution in [1.82, 2.24) is 4.98 Å². The van der Waals surface area contributed by atoms with Crippen LogP contribution in [0.3, 0.4) is 0 Å². The van der Waals surface area contributed by atoms with Crippen molar-refractivity contribution >= 4 is 17.4 Å². The first kappa shape index (κ1) is 11.7. The molecule has 0 unspecified atom stereocenters. The molecule has 1 heterocycles. The fraction of sp³-hybridized carbons (Fsp3) is 0.333. The van der Waals surface area contributed by atoms with E-state index in [0.29, 0.717) is 11.1 Å². The Morgan fingerprint density at radius 3 is 2.73 bits per heavy atom. The first-order chi connectivity index (χ1) is 7.10. The van der Waals surface area contributed by atoms with Crippen LogP contribution in [0, 0.1) is 11.3 Å². The zero-order valence-electron chi connectivity index (χ0n) is 7.67. The van der Waals surface area contributed by atoms with Crippen molar-refractivity contribution < 1.29 is 8.78 Å². The maximum Gasteiger partial charge on any atom is 0.280 e. The number of hydrogen-bond donors (Lipinski definition) is 1. The Hall–Kier alpha value is -1.41. The van der Waals surface area contributed by atoms with Gasteiger partial charge in [0.2, 0.25) is 0 Å². The van der Waals surface area contributed by atoms with Crippen molar-refractivity contribution in [1.29, 1.82) is 5.26 Å². The number of alkyl halides is 3. The molecule has 0 aliphatic heterocycles. The summed E-state index contributed by atoms with van der Waals surface area (Å²) in [6.45, 7) is 0. The lowest BCUT2D eigenvalue weighted by atomic mass is 10.1. The van der Waals surface area contributed by atoms with Gasteiger partial charge in [-0.1, -0.05) is 0 Å². The van der Waals surface area contributed by atoms with E-state index in [0.717, 1.165) is 0 Å². The van der Waals surface area contributed by atoms with Gasteiger partial charge in [-0.3, -0.25) is 0 Å². The van der Waals surface area contributed by atoms with Gasteiger partial charge < -0.3 is 5.73 Å². The van der Waals surface area contributed by atoms with Crippen molar-refractivity contribution in [2.75, 3.05) is 5.73 Å². The molecule has 1 aromatic heterocycles. The molecule has 6 heteroatoms. The summed E-state index contributed by atoms with van der Waals surface area (Å²) in [7, 11) is 0. The number of anilines is 1. The molecule has 1 aromatic rings. The summed E-state index contributed by atoms with van der Waals surface area (Å²) in [5.41, 5.74) is 5.90. The molecule has 0 aliphatic carbocycles. The lowest BCUT2D eigenvalue weighted by Crippen LogP contribution is -2.05. The topological polar surface area (TPSA) is 62.7 Å². The molecule has 0 amide bonds. The van der Waals surface area contributed by atoms with Crippen LogP contribution >= 0.6 is 11.6 Å². The number of aromatic nitrogens is 1. The highest BCUT2D eigenvalue weighted by Gasteiger charge is 2.15. The van der Waals surface area contributed by atoms with E-state index in [-0.39, 0.29) is 18.1 Å². The van der Waals surface area contributed by atoms with Gasteiger partial charge in [-0.15, -0.1) is 11.6 Å². The zero-order chi connectivity index (χ0) is 11.4. The normalized spacial score (nSPS) is 10.3. The van der Waals surface area contributed by atoms with Gasteiger partial charge in [0.05, 0.1) is 18.4 Å². The van der Waals surface area contributed by atoms with E-state index < -0.39 is 12.1 Å². The van der Waals surface area contributed by atoms with Crippen LogP contribution in [-0.2, 0) is 12.3 Å². The third-order valence-corrected chi connectivity index (χ3v) is 2.16. The Labute approximate surface area is 90.5 Å². The molecular weight excluding hydrogens is 224 g/mol. The third-order valence-electron chi connectivity index (χ3n) is 1.90. The molecular formula is C9H8ClF2N3. The Bertz CT molecular complexity index is 401. The molecule has 0 aliphatic rings. The summed E-state index contributed by atoms with van der Waals surface area (Å²) in [5, 5.41) is 8.52. The van der Waals surface area contributed by atoms with Crippen molar-refractivity contribution in [3.05, 3.63) is 22.9 Å². The van der Waals surface area contributed by atoms with Crippen LogP contribution in [0.25, 0.3) is 0 Å². The van der Waals surface area contributed by atoms with Crippen molar-refractivity contribution in [2.24, 2.45) is 0 Å². The predicted octanol–water partition coefficient (Wildman–Crippen LogP) is 2.41. The van der Waals surface area contributed by atoms with E-state index in [1.54, 1.807) is 0 Å². The molecule has 2 N–H and O–H groups in total. The lowest BCUT2D eigenvalue weighted by Gasteiger charge is -2.09. The minimum atomic E-state index is -2.70. The van der Waals surface area contributed by atoms with Crippen LogP contribution in [0.5, 0.6) is 0 Å². The molecule has 0 fully saturated rings. The Morgan fingerprint density at radius 1 is 1.60 bits per heavy atom. The quantitative estimate of drug-likeness (QED) is 0.813.